The molecule has 148 valence electrons. The van der Waals surface area contributed by atoms with Gasteiger partial charge in [0, 0.05) is 37.2 Å². The minimum atomic E-state index is -0.266. The van der Waals surface area contributed by atoms with E-state index in [1.165, 1.54) is 11.3 Å². The zero-order valence-corrected chi connectivity index (χ0v) is 16.2. The van der Waals surface area contributed by atoms with Crippen LogP contribution in [0.1, 0.15) is 53.3 Å². The highest BCUT2D eigenvalue weighted by Gasteiger charge is 2.45. The molecule has 2 fully saturated rings. The van der Waals surface area contributed by atoms with Crippen molar-refractivity contribution in [1.29, 1.82) is 0 Å². The predicted octanol–water partition coefficient (Wildman–Crippen LogP) is 1.20. The third-order valence-electron chi connectivity index (χ3n) is 6.65. The number of carbonyl (C=O) groups is 1. The number of nitrogens with zero attached hydrogens (tertiary/aromatic N) is 5. The summed E-state index contributed by atoms with van der Waals surface area (Å²) >= 11 is 0. The largest absolute Gasteiger partial charge is 0.391 e. The first-order valence-electron chi connectivity index (χ1n) is 10.1. The van der Waals surface area contributed by atoms with Crippen LogP contribution in [0.15, 0.2) is 12.5 Å². The van der Waals surface area contributed by atoms with Crippen LogP contribution in [0.25, 0.3) is 0 Å². The third-order valence-corrected chi connectivity index (χ3v) is 6.65. The van der Waals surface area contributed by atoms with Gasteiger partial charge in [-0.2, -0.15) is 0 Å². The van der Waals surface area contributed by atoms with Crippen LogP contribution < -0.4 is 4.90 Å². The fraction of sp³-hybridized carbons (Fsp3) is 0.600. The lowest BCUT2D eigenvalue weighted by atomic mass is 9.76. The second-order valence-corrected chi connectivity index (χ2v) is 8.35. The molecule has 0 saturated carbocycles. The van der Waals surface area contributed by atoms with Crippen molar-refractivity contribution < 1.29 is 9.90 Å². The number of carbonyl (C=O) groups excluding carboxylic acids is 1. The van der Waals surface area contributed by atoms with E-state index in [9.17, 15) is 9.90 Å². The number of fused-ring (bicyclic) bond motifs is 2. The fourth-order valence-electron chi connectivity index (χ4n) is 5.10. The Morgan fingerprint density at radius 3 is 2.75 bits per heavy atom. The topological polar surface area (TPSA) is 98.2 Å². The second kappa shape index (κ2) is 6.55. The molecular weight excluding hydrogens is 356 g/mol. The Balaban J connectivity index is 1.40. The Labute approximate surface area is 164 Å². The maximum atomic E-state index is 12.6. The zero-order valence-electron chi connectivity index (χ0n) is 16.2. The Hall–Kier alpha value is -2.48. The van der Waals surface area contributed by atoms with Crippen LogP contribution in [-0.4, -0.2) is 68.1 Å². The summed E-state index contributed by atoms with van der Waals surface area (Å²) in [4.78, 5) is 33.3. The van der Waals surface area contributed by atoms with E-state index in [2.05, 4.69) is 14.9 Å². The molecule has 1 atom stereocenters. The number of aliphatic hydroxyl groups excluding tert-OH is 1. The van der Waals surface area contributed by atoms with Gasteiger partial charge in [0.15, 0.2) is 0 Å². The minimum Gasteiger partial charge on any atom is -0.391 e. The van der Waals surface area contributed by atoms with Gasteiger partial charge in [-0.25, -0.2) is 15.0 Å². The summed E-state index contributed by atoms with van der Waals surface area (Å²) in [5.74, 6) is 1.84. The zero-order chi connectivity index (χ0) is 19.3. The van der Waals surface area contributed by atoms with E-state index in [-0.39, 0.29) is 17.4 Å². The summed E-state index contributed by atoms with van der Waals surface area (Å²) in [6.07, 6.45) is 7.57. The number of aromatic amines is 1. The molecule has 1 amide bonds. The number of likely N-dealkylation sites (tertiary alicyclic amines) is 1. The van der Waals surface area contributed by atoms with Crippen molar-refractivity contribution in [1.82, 2.24) is 24.8 Å². The summed E-state index contributed by atoms with van der Waals surface area (Å²) in [7, 11) is 0. The number of hydrogen-bond donors (Lipinski definition) is 2. The summed E-state index contributed by atoms with van der Waals surface area (Å²) in [5.41, 5.74) is 3.04. The average molecular weight is 382 g/mol. The molecule has 8 heteroatoms. The van der Waals surface area contributed by atoms with Crippen LogP contribution >= 0.6 is 0 Å². The molecule has 4 heterocycles. The molecule has 2 aromatic rings. The van der Waals surface area contributed by atoms with Gasteiger partial charge in [-0.15, -0.1) is 0 Å². The number of amides is 1. The molecule has 1 spiro atoms. The minimum absolute atomic E-state index is 0.0242. The highest BCUT2D eigenvalue weighted by Crippen LogP contribution is 2.47. The van der Waals surface area contributed by atoms with Crippen molar-refractivity contribution in [3.05, 3.63) is 35.3 Å². The van der Waals surface area contributed by atoms with Crippen LogP contribution in [0.2, 0.25) is 0 Å². The van der Waals surface area contributed by atoms with Gasteiger partial charge in [0.2, 0.25) is 0 Å². The predicted molar refractivity (Wildman–Crippen MR) is 103 cm³/mol. The van der Waals surface area contributed by atoms with Crippen LogP contribution in [0.4, 0.5) is 5.82 Å². The summed E-state index contributed by atoms with van der Waals surface area (Å²) < 4.78 is 0. The fourth-order valence-corrected chi connectivity index (χ4v) is 5.10. The first kappa shape index (κ1) is 17.6. The summed E-state index contributed by atoms with van der Waals surface area (Å²) in [5, 5.41) is 9.95. The summed E-state index contributed by atoms with van der Waals surface area (Å²) in [6, 6.07) is 0. The van der Waals surface area contributed by atoms with Crippen LogP contribution in [0.3, 0.4) is 0 Å². The smallest absolute Gasteiger partial charge is 0.271 e. The number of aromatic nitrogens is 4. The van der Waals surface area contributed by atoms with Gasteiger partial charge in [-0.1, -0.05) is 0 Å². The molecule has 1 aliphatic carbocycles. The van der Waals surface area contributed by atoms with Crippen molar-refractivity contribution in [2.24, 2.45) is 0 Å². The van der Waals surface area contributed by atoms with E-state index in [0.29, 0.717) is 12.2 Å². The van der Waals surface area contributed by atoms with E-state index in [4.69, 9.17) is 9.97 Å². The van der Waals surface area contributed by atoms with Gasteiger partial charge in [0.1, 0.15) is 17.3 Å². The molecule has 2 aliphatic heterocycles. The summed E-state index contributed by atoms with van der Waals surface area (Å²) in [6.45, 7) is 4.93. The highest BCUT2D eigenvalue weighted by molar-refractivity contribution is 5.92. The Kier molecular flexibility index (Phi) is 4.12. The lowest BCUT2D eigenvalue weighted by Gasteiger charge is -2.39. The number of H-pyrrole nitrogens is 1. The average Bonchev–Trinajstić information content (AvgIpc) is 3.43. The monoisotopic (exact) mass is 382 g/mol. The molecule has 2 N–H and O–H groups in total. The molecule has 2 saturated heterocycles. The second-order valence-electron chi connectivity index (χ2n) is 8.35. The Morgan fingerprint density at radius 2 is 2.07 bits per heavy atom. The van der Waals surface area contributed by atoms with Crippen molar-refractivity contribution >= 4 is 11.7 Å². The maximum Gasteiger partial charge on any atom is 0.271 e. The maximum absolute atomic E-state index is 12.6. The van der Waals surface area contributed by atoms with Crippen LogP contribution in [0, 0.1) is 6.92 Å². The molecule has 3 aliphatic rings. The molecule has 0 radical (unpaired) electrons. The van der Waals surface area contributed by atoms with Crippen molar-refractivity contribution in [2.45, 2.75) is 50.5 Å². The van der Waals surface area contributed by atoms with Gasteiger partial charge < -0.3 is 19.9 Å². The van der Waals surface area contributed by atoms with E-state index < -0.39 is 0 Å². The SMILES string of the molecule is Cc1nc(N2CCC(O)C2)c2c(n1)C1(CC2)CCN(C(=O)c2cnc[nH]2)CC1. The number of β-amino-alcohol motifs (C(OH)–C–C–N with tert-alkyl or cyclic N) is 1. The first-order chi connectivity index (χ1) is 13.6. The van der Waals surface area contributed by atoms with Crippen LogP contribution in [0.5, 0.6) is 0 Å². The standard InChI is InChI=1S/C20H26N6O2/c1-13-23-17-15(18(24-13)26-7-3-14(27)11-26)2-4-20(17)5-8-25(9-6-20)19(28)16-10-21-12-22-16/h10,12,14,27H,2-9,11H2,1H3,(H,21,22). The van der Waals surface area contributed by atoms with Gasteiger partial charge in [-0.3, -0.25) is 4.79 Å². The lowest BCUT2D eigenvalue weighted by Crippen LogP contribution is -2.44. The van der Waals surface area contributed by atoms with E-state index in [0.717, 1.165) is 63.4 Å². The van der Waals surface area contributed by atoms with Crippen molar-refractivity contribution in [2.75, 3.05) is 31.1 Å². The van der Waals surface area contributed by atoms with E-state index in [1.54, 1.807) is 12.5 Å². The molecule has 1 unspecified atom stereocenters. The third kappa shape index (κ3) is 2.78. The van der Waals surface area contributed by atoms with Gasteiger partial charge in [-0.05, 0) is 39.0 Å². The molecular formula is C20H26N6O2. The van der Waals surface area contributed by atoms with E-state index in [1.807, 2.05) is 11.8 Å². The normalized spacial score (nSPS) is 23.4. The number of rotatable bonds is 2. The Morgan fingerprint density at radius 1 is 1.25 bits per heavy atom. The number of anilines is 1. The number of piperidine rings is 1. The molecule has 28 heavy (non-hydrogen) atoms. The Bertz CT molecular complexity index is 888. The van der Waals surface area contributed by atoms with Gasteiger partial charge >= 0.3 is 0 Å². The molecule has 2 aromatic heterocycles. The molecule has 5 rings (SSSR count). The number of aryl methyl sites for hydroxylation is 1. The number of nitrogens with one attached hydrogen (secondary N) is 1. The van der Waals surface area contributed by atoms with Crippen molar-refractivity contribution in [3.8, 4) is 0 Å². The highest BCUT2D eigenvalue weighted by atomic mass is 16.3. The van der Waals surface area contributed by atoms with Crippen LogP contribution in [-0.2, 0) is 11.8 Å². The van der Waals surface area contributed by atoms with Gasteiger partial charge in [0.25, 0.3) is 5.91 Å². The van der Waals surface area contributed by atoms with Crippen molar-refractivity contribution in [3.63, 3.8) is 0 Å². The molecule has 0 bridgehead atoms. The van der Waals surface area contributed by atoms with E-state index >= 15 is 0 Å². The quantitative estimate of drug-likeness (QED) is 0.810. The first-order valence-corrected chi connectivity index (χ1v) is 10.1. The number of aliphatic hydroxyl groups is 1. The molecule has 8 nitrogen and oxygen atoms in total. The number of imidazole rings is 1. The number of hydrogen-bond acceptors (Lipinski definition) is 6. The van der Waals surface area contributed by atoms with Gasteiger partial charge in [0.05, 0.1) is 24.3 Å². The lowest BCUT2D eigenvalue weighted by molar-refractivity contribution is 0.0658. The molecule has 0 aromatic carbocycles.